The second-order valence-electron chi connectivity index (χ2n) is 9.54. The molecule has 1 aliphatic rings. The van der Waals surface area contributed by atoms with Gasteiger partial charge in [0.25, 0.3) is 17.7 Å². The lowest BCUT2D eigenvalue weighted by Gasteiger charge is -2.27. The van der Waals surface area contributed by atoms with Crippen molar-refractivity contribution < 1.29 is 40.7 Å². The molecular formula is C26H29F6N5O3. The SMILES string of the molecule is CCn1nccc1C(=O)N[C@H](C(=O)Nc1ccc([C@H](C)C(=O)N(C)CC(F)(F)F)cc1F)C1=CCC(F)(F)CC1. The number of allylic oxidation sites excluding steroid dienone is 1. The zero-order valence-corrected chi connectivity index (χ0v) is 22.0. The summed E-state index contributed by atoms with van der Waals surface area (Å²) in [6.45, 7) is 1.95. The van der Waals surface area contributed by atoms with Gasteiger partial charge in [0.2, 0.25) is 5.91 Å². The Morgan fingerprint density at radius 3 is 2.48 bits per heavy atom. The molecule has 0 unspecified atom stereocenters. The average Bonchev–Trinajstić information content (AvgIpc) is 3.36. The highest BCUT2D eigenvalue weighted by atomic mass is 19.4. The van der Waals surface area contributed by atoms with Crippen LogP contribution in [0.1, 0.15) is 55.1 Å². The third-order valence-corrected chi connectivity index (χ3v) is 6.51. The Hall–Kier alpha value is -3.84. The van der Waals surface area contributed by atoms with Crippen molar-refractivity contribution in [1.82, 2.24) is 20.0 Å². The van der Waals surface area contributed by atoms with Crippen LogP contribution in [0.25, 0.3) is 0 Å². The van der Waals surface area contributed by atoms with Gasteiger partial charge in [0.05, 0.1) is 11.6 Å². The molecule has 40 heavy (non-hydrogen) atoms. The van der Waals surface area contributed by atoms with Crippen molar-refractivity contribution in [3.8, 4) is 0 Å². The number of rotatable bonds is 9. The van der Waals surface area contributed by atoms with E-state index in [1.807, 2.05) is 0 Å². The van der Waals surface area contributed by atoms with Crippen LogP contribution in [-0.4, -0.2) is 64.1 Å². The van der Waals surface area contributed by atoms with E-state index < -0.39 is 67.0 Å². The van der Waals surface area contributed by atoms with E-state index in [0.29, 0.717) is 11.4 Å². The molecule has 2 aromatic rings. The number of nitrogens with one attached hydrogen (secondary N) is 2. The maximum atomic E-state index is 15.0. The smallest absolute Gasteiger partial charge is 0.336 e. The molecule has 218 valence electrons. The summed E-state index contributed by atoms with van der Waals surface area (Å²) < 4.78 is 81.7. The number of hydrogen-bond acceptors (Lipinski definition) is 4. The molecule has 3 amide bonds. The van der Waals surface area contributed by atoms with Gasteiger partial charge in [-0.25, -0.2) is 13.2 Å². The summed E-state index contributed by atoms with van der Waals surface area (Å²) in [7, 11) is 0.981. The van der Waals surface area contributed by atoms with Crippen molar-refractivity contribution in [1.29, 1.82) is 0 Å². The van der Waals surface area contributed by atoms with Gasteiger partial charge in [-0.15, -0.1) is 0 Å². The predicted molar refractivity (Wildman–Crippen MR) is 133 cm³/mol. The Morgan fingerprint density at radius 2 is 1.90 bits per heavy atom. The number of carbonyl (C=O) groups excluding carboxylic acids is 3. The van der Waals surface area contributed by atoms with Gasteiger partial charge >= 0.3 is 6.18 Å². The standard InChI is InChI=1S/C26H29F6N5O3/c1-4-37-20(9-12-33-37)22(38)35-21(16-7-10-25(28,29)11-8-16)23(39)34-19-6-5-17(13-18(19)27)15(2)24(40)36(3)14-26(30,31)32/h5-7,9,12-13,15,21H,4,8,10-11,14H2,1-3H3,(H,34,39)(H,35,38)/t15-,21-/m0/s1. The third-order valence-electron chi connectivity index (χ3n) is 6.51. The fourth-order valence-corrected chi connectivity index (χ4v) is 4.31. The molecule has 0 radical (unpaired) electrons. The van der Waals surface area contributed by atoms with Crippen molar-refractivity contribution >= 4 is 23.4 Å². The molecule has 3 rings (SSSR count). The van der Waals surface area contributed by atoms with Gasteiger partial charge in [0.1, 0.15) is 24.1 Å². The second-order valence-corrected chi connectivity index (χ2v) is 9.54. The lowest BCUT2D eigenvalue weighted by molar-refractivity contribution is -0.159. The van der Waals surface area contributed by atoms with Crippen LogP contribution in [-0.2, 0) is 16.1 Å². The minimum atomic E-state index is -4.60. The summed E-state index contributed by atoms with van der Waals surface area (Å²) in [5, 5.41) is 8.84. The van der Waals surface area contributed by atoms with Crippen LogP contribution in [0.3, 0.4) is 0 Å². The van der Waals surface area contributed by atoms with E-state index in [9.17, 15) is 40.7 Å². The van der Waals surface area contributed by atoms with Crippen LogP contribution >= 0.6 is 0 Å². The highest BCUT2D eigenvalue weighted by molar-refractivity contribution is 6.02. The molecule has 0 aliphatic heterocycles. The molecule has 1 heterocycles. The highest BCUT2D eigenvalue weighted by Gasteiger charge is 2.36. The lowest BCUT2D eigenvalue weighted by atomic mass is 9.91. The molecule has 0 fully saturated rings. The summed E-state index contributed by atoms with van der Waals surface area (Å²) in [6.07, 6.45) is -3.40. The van der Waals surface area contributed by atoms with E-state index >= 15 is 0 Å². The number of benzene rings is 1. The maximum Gasteiger partial charge on any atom is 0.406 e. The summed E-state index contributed by atoms with van der Waals surface area (Å²) >= 11 is 0. The largest absolute Gasteiger partial charge is 0.406 e. The average molecular weight is 574 g/mol. The molecular weight excluding hydrogens is 544 g/mol. The highest BCUT2D eigenvalue weighted by Crippen LogP contribution is 2.34. The van der Waals surface area contributed by atoms with Gasteiger partial charge in [-0.2, -0.15) is 18.3 Å². The third kappa shape index (κ3) is 7.63. The normalized spacial score (nSPS) is 16.5. The van der Waals surface area contributed by atoms with E-state index in [1.165, 1.54) is 36.0 Å². The quantitative estimate of drug-likeness (QED) is 0.337. The Morgan fingerprint density at radius 1 is 1.20 bits per heavy atom. The van der Waals surface area contributed by atoms with E-state index in [2.05, 4.69) is 15.7 Å². The van der Waals surface area contributed by atoms with Crippen LogP contribution in [0.5, 0.6) is 0 Å². The van der Waals surface area contributed by atoms with Gasteiger partial charge < -0.3 is 15.5 Å². The molecule has 0 spiro atoms. The molecule has 0 bridgehead atoms. The summed E-state index contributed by atoms with van der Waals surface area (Å²) in [5.41, 5.74) is 0.0936. The summed E-state index contributed by atoms with van der Waals surface area (Å²) in [4.78, 5) is 39.0. The first-order chi connectivity index (χ1) is 18.6. The summed E-state index contributed by atoms with van der Waals surface area (Å²) in [6, 6.07) is 3.33. The Kier molecular flexibility index (Phi) is 9.31. The van der Waals surface area contributed by atoms with Crippen LogP contribution < -0.4 is 10.6 Å². The lowest BCUT2D eigenvalue weighted by Crippen LogP contribution is -2.46. The first kappa shape index (κ1) is 30.7. The van der Waals surface area contributed by atoms with Crippen LogP contribution in [0.4, 0.5) is 32.0 Å². The number of likely N-dealkylation sites (N-methyl/N-ethyl adjacent to an activating group) is 1. The predicted octanol–water partition coefficient (Wildman–Crippen LogP) is 4.65. The number of amides is 3. The Labute approximate surface area is 226 Å². The molecule has 0 saturated carbocycles. The van der Waals surface area contributed by atoms with Crippen molar-refractivity contribution in [2.75, 3.05) is 18.9 Å². The van der Waals surface area contributed by atoms with Crippen molar-refractivity contribution in [2.24, 2.45) is 0 Å². The number of anilines is 1. The van der Waals surface area contributed by atoms with Crippen molar-refractivity contribution in [3.05, 3.63) is 59.2 Å². The number of aromatic nitrogens is 2. The molecule has 8 nitrogen and oxygen atoms in total. The van der Waals surface area contributed by atoms with Gasteiger partial charge in [0.15, 0.2) is 0 Å². The molecule has 2 atom stereocenters. The number of carbonyl (C=O) groups is 3. The Bertz CT molecular complexity index is 1290. The van der Waals surface area contributed by atoms with Gasteiger partial charge in [-0.1, -0.05) is 12.1 Å². The number of nitrogens with zero attached hydrogens (tertiary/aromatic N) is 3. The van der Waals surface area contributed by atoms with Crippen LogP contribution in [0.2, 0.25) is 0 Å². The zero-order valence-electron chi connectivity index (χ0n) is 22.0. The van der Waals surface area contributed by atoms with Crippen molar-refractivity contribution in [3.63, 3.8) is 0 Å². The van der Waals surface area contributed by atoms with E-state index in [1.54, 1.807) is 6.92 Å². The molecule has 2 N–H and O–H groups in total. The number of hydrogen-bond donors (Lipinski definition) is 2. The van der Waals surface area contributed by atoms with Crippen LogP contribution in [0, 0.1) is 5.82 Å². The first-order valence-electron chi connectivity index (χ1n) is 12.4. The van der Waals surface area contributed by atoms with Crippen LogP contribution in [0.15, 0.2) is 42.1 Å². The fourth-order valence-electron chi connectivity index (χ4n) is 4.31. The number of aryl methyl sites for hydroxylation is 1. The minimum absolute atomic E-state index is 0.0735. The van der Waals surface area contributed by atoms with Gasteiger partial charge in [-0.3, -0.25) is 19.1 Å². The van der Waals surface area contributed by atoms with E-state index in [4.69, 9.17) is 0 Å². The maximum absolute atomic E-state index is 15.0. The van der Waals surface area contributed by atoms with E-state index in [0.717, 1.165) is 19.2 Å². The number of halogens is 6. The number of alkyl halides is 5. The molecule has 0 saturated heterocycles. The molecule has 1 aromatic heterocycles. The topological polar surface area (TPSA) is 96.3 Å². The van der Waals surface area contributed by atoms with Gasteiger partial charge in [-0.05, 0) is 49.6 Å². The monoisotopic (exact) mass is 573 g/mol. The Balaban J connectivity index is 1.81. The molecule has 14 heteroatoms. The van der Waals surface area contributed by atoms with E-state index in [-0.39, 0.29) is 28.9 Å². The fraction of sp³-hybridized carbons (Fsp3) is 0.462. The minimum Gasteiger partial charge on any atom is -0.336 e. The first-order valence-corrected chi connectivity index (χ1v) is 12.4. The molecule has 1 aromatic carbocycles. The second kappa shape index (κ2) is 12.1. The zero-order chi connectivity index (χ0) is 29.8. The summed E-state index contributed by atoms with van der Waals surface area (Å²) in [5.74, 6) is -7.53. The molecule has 1 aliphatic carbocycles. The van der Waals surface area contributed by atoms with Crippen molar-refractivity contribution in [2.45, 2.75) is 63.7 Å². The van der Waals surface area contributed by atoms with Gasteiger partial charge in [0, 0.05) is 32.6 Å².